The van der Waals surface area contributed by atoms with E-state index in [1.165, 1.54) is 39.1 Å². The fourth-order valence-electron chi connectivity index (χ4n) is 1.65. The monoisotopic (exact) mass is 152 g/mol. The van der Waals surface area contributed by atoms with Crippen LogP contribution in [0.3, 0.4) is 0 Å². The van der Waals surface area contributed by atoms with E-state index in [1.54, 1.807) is 2.82 Å². The first-order valence-corrected chi connectivity index (χ1v) is 5.06. The molecule has 1 unspecified atom stereocenters. The van der Waals surface area contributed by atoms with Gasteiger partial charge in [-0.05, 0) is 0 Å². The molecule has 1 aromatic rings. The van der Waals surface area contributed by atoms with Crippen molar-refractivity contribution in [2.45, 2.75) is 12.8 Å². The van der Waals surface area contributed by atoms with Crippen LogP contribution in [-0.2, 0) is 0 Å². The molecule has 1 aliphatic rings. The predicted octanol–water partition coefficient (Wildman–Crippen LogP) is 2.31. The first-order valence-electron chi connectivity index (χ1n) is 4.06. The summed E-state index contributed by atoms with van der Waals surface area (Å²) in [4.78, 5) is 0. The van der Waals surface area contributed by atoms with Crippen LogP contribution in [0.5, 0.6) is 0 Å². The van der Waals surface area contributed by atoms with Crippen LogP contribution in [0, 0.1) is 0 Å². The summed E-state index contributed by atoms with van der Waals surface area (Å²) < 4.78 is 1.62. The van der Waals surface area contributed by atoms with E-state index in [0.29, 0.717) is 5.92 Å². The van der Waals surface area contributed by atoms with E-state index in [-0.39, 0.29) is 0 Å². The van der Waals surface area contributed by atoms with Crippen molar-refractivity contribution in [1.82, 2.24) is 0 Å². The molecule has 0 nitrogen and oxygen atoms in total. The summed E-state index contributed by atoms with van der Waals surface area (Å²) in [6.45, 7) is 2.30. The van der Waals surface area contributed by atoms with Crippen LogP contribution in [0.4, 0.5) is 0 Å². The van der Waals surface area contributed by atoms with Gasteiger partial charge in [-0.2, -0.15) is 0 Å². The molecule has 0 amide bonds. The van der Waals surface area contributed by atoms with Gasteiger partial charge in [0.05, 0.1) is 0 Å². The second kappa shape index (κ2) is 2.78. The Bertz CT molecular complexity index is 312. The fraction of sp³-hybridized carbons (Fsp3) is 0.200. The van der Waals surface area contributed by atoms with Gasteiger partial charge in [0.15, 0.2) is 0 Å². The zero-order valence-corrected chi connectivity index (χ0v) is 8.96. The second-order valence-electron chi connectivity index (χ2n) is 3.24. The molecule has 0 aromatic heterocycles. The maximum absolute atomic E-state index is 2.34. The number of hydrogen-bond donors (Lipinski definition) is 0. The molecular weight excluding hydrogens is 143 g/mol. The van der Waals surface area contributed by atoms with Crippen molar-refractivity contribution in [1.29, 1.82) is 0 Å². The summed E-state index contributed by atoms with van der Waals surface area (Å²) in [6.07, 6.45) is 2.34. The molecule has 0 bridgehead atoms. The minimum atomic E-state index is 0.692. The molecule has 0 radical (unpaired) electrons. The van der Waals surface area contributed by atoms with E-state index < -0.39 is 0 Å². The zero-order chi connectivity index (χ0) is 7.84. The average molecular weight is 152 g/mol. The topological polar surface area (TPSA) is 0 Å². The molecule has 0 heterocycles. The summed E-state index contributed by atoms with van der Waals surface area (Å²) in [7, 11) is 0. The van der Waals surface area contributed by atoms with Crippen LogP contribution in [0.2, 0.25) is 0 Å². The summed E-state index contributed by atoms with van der Waals surface area (Å²) in [6, 6.07) is 8.68. The first-order chi connectivity index (χ1) is 5.29. The molecule has 1 heteroatoms. The molecule has 0 fully saturated rings. The third-order valence-corrected chi connectivity index (χ3v) is 3.68. The average Bonchev–Trinajstić information content (AvgIpc) is 2.30. The Morgan fingerprint density at radius 2 is 2.00 bits per heavy atom. The van der Waals surface area contributed by atoms with Gasteiger partial charge in [0.1, 0.15) is 0 Å². The zero-order valence-electron chi connectivity index (χ0n) is 6.96. The third-order valence-electron chi connectivity index (χ3n) is 2.53. The Morgan fingerprint density at radius 3 is 2.73 bits per heavy atom. The quantitative estimate of drug-likeness (QED) is 0.500. The fourth-order valence-corrected chi connectivity index (χ4v) is 2.27. The first kappa shape index (κ1) is 7.60. The van der Waals surface area contributed by atoms with Gasteiger partial charge in [0.2, 0.25) is 0 Å². The number of hydrogen-bond acceptors (Lipinski definition) is 0. The van der Waals surface area contributed by atoms with Gasteiger partial charge in [-0.15, -0.1) is 0 Å². The number of allylic oxidation sites excluding steroid dienone is 1. The van der Waals surface area contributed by atoms with Crippen LogP contribution in [-0.4, -0.2) is 27.9 Å². The standard InChI is InChI=1S/C10H9.Na/c1-8-6-7-9-4-2-3-5-10(8)9;/h2-5,7-8H,1H3;. The van der Waals surface area contributed by atoms with Crippen molar-refractivity contribution in [2.24, 2.45) is 0 Å². The van der Waals surface area contributed by atoms with Crippen LogP contribution >= 0.6 is 0 Å². The minimum absolute atomic E-state index is 0.692. The molecule has 0 aliphatic heterocycles. The van der Waals surface area contributed by atoms with E-state index in [4.69, 9.17) is 0 Å². The van der Waals surface area contributed by atoms with E-state index in [0.717, 1.165) is 0 Å². The van der Waals surface area contributed by atoms with Gasteiger partial charge in [0, 0.05) is 0 Å². The summed E-state index contributed by atoms with van der Waals surface area (Å²) in [5, 5.41) is 0. The van der Waals surface area contributed by atoms with Gasteiger partial charge < -0.3 is 0 Å². The maximum atomic E-state index is 2.34. The summed E-state index contributed by atoms with van der Waals surface area (Å²) >= 11 is 1.20. The number of fused-ring (bicyclic) bond motifs is 1. The van der Waals surface area contributed by atoms with Crippen molar-refractivity contribution < 1.29 is 0 Å². The van der Waals surface area contributed by atoms with Gasteiger partial charge in [-0.3, -0.25) is 0 Å². The Kier molecular flexibility index (Phi) is 1.92. The molecule has 1 atom stereocenters. The molecule has 1 aliphatic carbocycles. The molecule has 50 valence electrons. The van der Waals surface area contributed by atoms with Crippen LogP contribution in [0.15, 0.2) is 27.1 Å². The molecule has 2 rings (SSSR count). The number of benzene rings is 1. The van der Waals surface area contributed by atoms with Crippen molar-refractivity contribution >= 4 is 34.0 Å². The SMILES string of the molecule is CC1[C]([Na])=Cc2ccccc21. The van der Waals surface area contributed by atoms with Crippen LogP contribution < -0.4 is 0 Å². The Balaban J connectivity index is 2.58. The van der Waals surface area contributed by atoms with Gasteiger partial charge >= 0.3 is 85.1 Å². The molecule has 0 saturated heterocycles. The van der Waals surface area contributed by atoms with Gasteiger partial charge in [-0.25, -0.2) is 0 Å². The van der Waals surface area contributed by atoms with E-state index in [9.17, 15) is 0 Å². The van der Waals surface area contributed by atoms with Crippen molar-refractivity contribution in [3.63, 3.8) is 0 Å². The van der Waals surface area contributed by atoms with Crippen molar-refractivity contribution in [3.8, 4) is 0 Å². The van der Waals surface area contributed by atoms with Crippen molar-refractivity contribution in [3.05, 3.63) is 38.2 Å². The van der Waals surface area contributed by atoms with E-state index in [1.807, 2.05) is 0 Å². The summed E-state index contributed by atoms with van der Waals surface area (Å²) in [5.74, 6) is 0.692. The molecule has 11 heavy (non-hydrogen) atoms. The molecule has 0 spiro atoms. The third kappa shape index (κ3) is 1.20. The normalized spacial score (nSPS) is 21.4. The molecule has 0 N–H and O–H groups in total. The van der Waals surface area contributed by atoms with Crippen LogP contribution in [0.1, 0.15) is 24.0 Å². The van der Waals surface area contributed by atoms with Crippen LogP contribution in [0.25, 0.3) is 6.08 Å². The molecule has 1 aromatic carbocycles. The van der Waals surface area contributed by atoms with E-state index >= 15 is 0 Å². The second-order valence-corrected chi connectivity index (χ2v) is 4.39. The van der Waals surface area contributed by atoms with E-state index in [2.05, 4.69) is 37.3 Å². The van der Waals surface area contributed by atoms with Gasteiger partial charge in [-0.1, -0.05) is 0 Å². The van der Waals surface area contributed by atoms with Gasteiger partial charge in [0.25, 0.3) is 0 Å². The molecular formula is C10H9Na. The van der Waals surface area contributed by atoms with Crippen molar-refractivity contribution in [2.75, 3.05) is 0 Å². The Labute approximate surface area is 84.7 Å². The number of rotatable bonds is 0. The molecule has 0 saturated carbocycles. The predicted molar refractivity (Wildman–Crippen MR) is 48.6 cm³/mol. The Morgan fingerprint density at radius 1 is 1.27 bits per heavy atom. The Hall–Kier alpha value is -0.0400. The summed E-state index contributed by atoms with van der Waals surface area (Å²) in [5.41, 5.74) is 2.95.